The molecule has 2 N–H and O–H groups in total. The molecule has 1 aliphatic heterocycles. The maximum absolute atomic E-state index is 11.9. The molecule has 1 heterocycles. The van der Waals surface area contributed by atoms with Gasteiger partial charge < -0.3 is 15.4 Å². The zero-order valence-corrected chi connectivity index (χ0v) is 12.7. The van der Waals surface area contributed by atoms with E-state index in [0.717, 1.165) is 38.1 Å². The van der Waals surface area contributed by atoms with E-state index in [-0.39, 0.29) is 24.4 Å². The Labute approximate surface area is 126 Å². The van der Waals surface area contributed by atoms with Crippen molar-refractivity contribution in [2.75, 3.05) is 19.0 Å². The predicted octanol–water partition coefficient (Wildman–Crippen LogP) is 2.73. The monoisotopic (exact) mass is 298 g/mol. The van der Waals surface area contributed by atoms with Gasteiger partial charge in [-0.3, -0.25) is 4.79 Å². The zero-order valence-electron chi connectivity index (χ0n) is 11.9. The summed E-state index contributed by atoms with van der Waals surface area (Å²) in [5.74, 6) is 0.0354. The van der Waals surface area contributed by atoms with Crippen LogP contribution in [0.4, 0.5) is 5.69 Å². The summed E-state index contributed by atoms with van der Waals surface area (Å²) in [6, 6.07) is 7.91. The van der Waals surface area contributed by atoms with E-state index < -0.39 is 0 Å². The van der Waals surface area contributed by atoms with Gasteiger partial charge in [-0.05, 0) is 44.0 Å². The van der Waals surface area contributed by atoms with Crippen LogP contribution in [0.3, 0.4) is 0 Å². The second-order valence-corrected chi connectivity index (χ2v) is 4.97. The largest absolute Gasteiger partial charge is 0.378 e. The summed E-state index contributed by atoms with van der Waals surface area (Å²) >= 11 is 0. The molecule has 1 saturated heterocycles. The Hall–Kier alpha value is -1.10. The van der Waals surface area contributed by atoms with Crippen LogP contribution in [0, 0.1) is 0 Å². The van der Waals surface area contributed by atoms with Gasteiger partial charge in [-0.15, -0.1) is 12.4 Å². The number of halogens is 1. The lowest BCUT2D eigenvalue weighted by molar-refractivity contribution is -0.119. The fraction of sp³-hybridized carbons (Fsp3) is 0.533. The van der Waals surface area contributed by atoms with Crippen LogP contribution >= 0.6 is 12.4 Å². The molecule has 112 valence electrons. The molecule has 0 spiro atoms. The molecule has 5 heteroatoms. The van der Waals surface area contributed by atoms with Gasteiger partial charge in [0.25, 0.3) is 0 Å². The Morgan fingerprint density at radius 3 is 2.65 bits per heavy atom. The van der Waals surface area contributed by atoms with Crippen LogP contribution in [-0.2, 0) is 16.1 Å². The molecule has 1 aliphatic rings. The zero-order chi connectivity index (χ0) is 13.5. The van der Waals surface area contributed by atoms with E-state index in [2.05, 4.69) is 10.6 Å². The normalized spacial score (nSPS) is 18.1. The number of anilines is 1. The first kappa shape index (κ1) is 17.0. The minimum absolute atomic E-state index is 0. The van der Waals surface area contributed by atoms with E-state index in [1.54, 1.807) is 0 Å². The summed E-state index contributed by atoms with van der Waals surface area (Å²) in [4.78, 5) is 11.9. The first-order chi connectivity index (χ1) is 9.28. The second-order valence-electron chi connectivity index (χ2n) is 4.97. The predicted molar refractivity (Wildman–Crippen MR) is 83.3 cm³/mol. The third kappa shape index (κ3) is 5.49. The third-order valence-corrected chi connectivity index (χ3v) is 3.31. The Morgan fingerprint density at radius 1 is 1.30 bits per heavy atom. The van der Waals surface area contributed by atoms with Gasteiger partial charge in [0.1, 0.15) is 0 Å². The molecule has 0 radical (unpaired) electrons. The number of rotatable bonds is 5. The summed E-state index contributed by atoms with van der Waals surface area (Å²) in [7, 11) is 1.92. The molecule has 1 atom stereocenters. The van der Waals surface area contributed by atoms with Crippen molar-refractivity contribution in [1.82, 2.24) is 5.32 Å². The topological polar surface area (TPSA) is 50.4 Å². The molecular formula is C15H23ClN2O2. The standard InChI is InChI=1S/C15H22N2O2.ClH/c1-16-11-12-5-7-13(8-6-12)17-15(18)10-14-4-2-3-9-19-14;/h5-8,14,16H,2-4,9-11H2,1H3,(H,17,18);1H. The Morgan fingerprint density at radius 2 is 2.05 bits per heavy atom. The van der Waals surface area contributed by atoms with Crippen LogP contribution in [0.1, 0.15) is 31.2 Å². The summed E-state index contributed by atoms with van der Waals surface area (Å²) < 4.78 is 5.57. The van der Waals surface area contributed by atoms with Gasteiger partial charge in [0, 0.05) is 18.8 Å². The van der Waals surface area contributed by atoms with Crippen molar-refractivity contribution in [3.8, 4) is 0 Å². The van der Waals surface area contributed by atoms with E-state index in [4.69, 9.17) is 4.74 Å². The maximum Gasteiger partial charge on any atom is 0.226 e. The maximum atomic E-state index is 11.9. The first-order valence-corrected chi connectivity index (χ1v) is 6.93. The molecular weight excluding hydrogens is 276 g/mol. The smallest absolute Gasteiger partial charge is 0.226 e. The van der Waals surface area contributed by atoms with Crippen molar-refractivity contribution < 1.29 is 9.53 Å². The van der Waals surface area contributed by atoms with Gasteiger partial charge in [0.05, 0.1) is 12.5 Å². The lowest BCUT2D eigenvalue weighted by Gasteiger charge is -2.21. The van der Waals surface area contributed by atoms with Crippen LogP contribution in [0.5, 0.6) is 0 Å². The lowest BCUT2D eigenvalue weighted by Crippen LogP contribution is -2.25. The van der Waals surface area contributed by atoms with Gasteiger partial charge in [-0.25, -0.2) is 0 Å². The average molecular weight is 299 g/mol. The highest BCUT2D eigenvalue weighted by Crippen LogP contribution is 2.17. The fourth-order valence-electron chi connectivity index (χ4n) is 2.30. The van der Waals surface area contributed by atoms with E-state index in [9.17, 15) is 4.79 Å². The van der Waals surface area contributed by atoms with Crippen molar-refractivity contribution >= 4 is 24.0 Å². The van der Waals surface area contributed by atoms with E-state index in [0.29, 0.717) is 6.42 Å². The fourth-order valence-corrected chi connectivity index (χ4v) is 2.30. The number of carbonyl (C=O) groups excluding carboxylic acids is 1. The highest BCUT2D eigenvalue weighted by atomic mass is 35.5. The van der Waals surface area contributed by atoms with Crippen molar-refractivity contribution in [3.63, 3.8) is 0 Å². The molecule has 1 aromatic rings. The van der Waals surface area contributed by atoms with Gasteiger partial charge >= 0.3 is 0 Å². The molecule has 20 heavy (non-hydrogen) atoms. The number of hydrogen-bond donors (Lipinski definition) is 2. The Bertz CT molecular complexity index is 403. The summed E-state index contributed by atoms with van der Waals surface area (Å²) in [5.41, 5.74) is 2.05. The van der Waals surface area contributed by atoms with Crippen LogP contribution < -0.4 is 10.6 Å². The minimum atomic E-state index is 0. The molecule has 2 rings (SSSR count). The molecule has 1 unspecified atom stereocenters. The van der Waals surface area contributed by atoms with E-state index in [1.807, 2.05) is 31.3 Å². The molecule has 1 aromatic carbocycles. The van der Waals surface area contributed by atoms with Gasteiger partial charge in [0.15, 0.2) is 0 Å². The van der Waals surface area contributed by atoms with Crippen LogP contribution in [0.2, 0.25) is 0 Å². The molecule has 0 saturated carbocycles. The van der Waals surface area contributed by atoms with Crippen LogP contribution in [0.15, 0.2) is 24.3 Å². The van der Waals surface area contributed by atoms with Crippen LogP contribution in [-0.4, -0.2) is 25.7 Å². The Balaban J connectivity index is 0.00000200. The van der Waals surface area contributed by atoms with E-state index >= 15 is 0 Å². The first-order valence-electron chi connectivity index (χ1n) is 6.93. The third-order valence-electron chi connectivity index (χ3n) is 3.31. The van der Waals surface area contributed by atoms with Crippen molar-refractivity contribution in [3.05, 3.63) is 29.8 Å². The number of benzene rings is 1. The Kier molecular flexibility index (Phi) is 7.59. The van der Waals surface area contributed by atoms with E-state index in [1.165, 1.54) is 5.56 Å². The molecule has 4 nitrogen and oxygen atoms in total. The van der Waals surface area contributed by atoms with Crippen molar-refractivity contribution in [2.24, 2.45) is 0 Å². The highest BCUT2D eigenvalue weighted by Gasteiger charge is 2.17. The SMILES string of the molecule is CNCc1ccc(NC(=O)CC2CCCCO2)cc1.Cl. The molecule has 1 fully saturated rings. The highest BCUT2D eigenvalue weighted by molar-refractivity contribution is 5.91. The number of amides is 1. The van der Waals surface area contributed by atoms with Gasteiger partial charge in [-0.1, -0.05) is 12.1 Å². The number of hydrogen-bond acceptors (Lipinski definition) is 3. The molecule has 0 aromatic heterocycles. The average Bonchev–Trinajstić information content (AvgIpc) is 2.42. The van der Waals surface area contributed by atoms with Crippen molar-refractivity contribution in [2.45, 2.75) is 38.3 Å². The second kappa shape index (κ2) is 8.95. The number of nitrogens with one attached hydrogen (secondary N) is 2. The molecule has 1 amide bonds. The molecule has 0 bridgehead atoms. The van der Waals surface area contributed by atoms with Crippen LogP contribution in [0.25, 0.3) is 0 Å². The number of ether oxygens (including phenoxy) is 1. The number of carbonyl (C=O) groups is 1. The minimum Gasteiger partial charge on any atom is -0.378 e. The lowest BCUT2D eigenvalue weighted by atomic mass is 10.1. The summed E-state index contributed by atoms with van der Waals surface area (Å²) in [5, 5.41) is 6.01. The quantitative estimate of drug-likeness (QED) is 0.879. The van der Waals surface area contributed by atoms with Gasteiger partial charge in [0.2, 0.25) is 5.91 Å². The summed E-state index contributed by atoms with van der Waals surface area (Å²) in [6.07, 6.45) is 3.83. The molecule has 0 aliphatic carbocycles. The summed E-state index contributed by atoms with van der Waals surface area (Å²) in [6.45, 7) is 1.63. The van der Waals surface area contributed by atoms with Gasteiger partial charge in [-0.2, -0.15) is 0 Å². The van der Waals surface area contributed by atoms with Crippen molar-refractivity contribution in [1.29, 1.82) is 0 Å².